The van der Waals surface area contributed by atoms with Gasteiger partial charge < -0.3 is 0 Å². The van der Waals surface area contributed by atoms with Crippen LogP contribution in [0.2, 0.25) is 0 Å². The molecule has 2 aromatic rings. The molecule has 0 aromatic heterocycles. The average molecular weight is 469 g/mol. The monoisotopic (exact) mass is 468 g/mol. The molecule has 0 bridgehead atoms. The van der Waals surface area contributed by atoms with E-state index < -0.39 is 0 Å². The molecule has 0 N–H and O–H groups in total. The fourth-order valence-corrected chi connectivity index (χ4v) is 3.17. The zero-order valence-corrected chi connectivity index (χ0v) is 19.3. The molecule has 0 spiro atoms. The Morgan fingerprint density at radius 2 is 1.39 bits per heavy atom. The number of aliphatic imine (C=N–C) groups is 2. The van der Waals surface area contributed by atoms with Gasteiger partial charge in [-0.3, -0.25) is 9.98 Å². The van der Waals surface area contributed by atoms with Crippen LogP contribution in [0.15, 0.2) is 58.5 Å². The van der Waals surface area contributed by atoms with Crippen LogP contribution in [0.3, 0.4) is 0 Å². The molecule has 2 aromatic carbocycles. The Kier molecular flexibility index (Phi) is 11.9. The van der Waals surface area contributed by atoms with Gasteiger partial charge in [0.15, 0.2) is 0 Å². The third-order valence-corrected chi connectivity index (χ3v) is 4.86. The van der Waals surface area contributed by atoms with Gasteiger partial charge in [-0.25, -0.2) is 0 Å². The van der Waals surface area contributed by atoms with E-state index in [9.17, 15) is 0 Å². The van der Waals surface area contributed by atoms with Crippen molar-refractivity contribution in [2.45, 2.75) is 72.6 Å². The molecule has 0 saturated heterocycles. The second-order valence-electron chi connectivity index (χ2n) is 7.12. The van der Waals surface area contributed by atoms with Crippen LogP contribution in [-0.2, 0) is 33.3 Å². The Morgan fingerprint density at radius 3 is 1.96 bits per heavy atom. The summed E-state index contributed by atoms with van der Waals surface area (Å²) < 4.78 is 0. The number of para-hydroxylation sites is 1. The smallest absolute Gasteiger partial charge is 0.0639 e. The first-order valence-corrected chi connectivity index (χ1v) is 10.5. The van der Waals surface area contributed by atoms with Gasteiger partial charge in [0.05, 0.1) is 22.8 Å². The van der Waals surface area contributed by atoms with E-state index in [2.05, 4.69) is 58.0 Å². The Labute approximate surface area is 185 Å². The van der Waals surface area contributed by atoms with Crippen molar-refractivity contribution < 1.29 is 20.4 Å². The number of hydrogen-bond donors (Lipinski definition) is 0. The fourth-order valence-electron chi connectivity index (χ4n) is 3.17. The van der Waals surface area contributed by atoms with Crippen LogP contribution in [0.4, 0.5) is 11.4 Å². The summed E-state index contributed by atoms with van der Waals surface area (Å²) in [6.45, 7) is 8.75. The fraction of sp³-hybridized carbons (Fsp3) is 0.440. The van der Waals surface area contributed by atoms with Gasteiger partial charge in [0, 0.05) is 20.4 Å². The predicted octanol–water partition coefficient (Wildman–Crippen LogP) is 7.64. The van der Waals surface area contributed by atoms with E-state index in [4.69, 9.17) is 9.98 Å². The molecule has 0 atom stereocenters. The van der Waals surface area contributed by atoms with Crippen LogP contribution in [0.1, 0.15) is 70.9 Å². The molecule has 0 unspecified atom stereocenters. The molecule has 0 aliphatic carbocycles. The van der Waals surface area contributed by atoms with Gasteiger partial charge in [-0.05, 0) is 68.0 Å². The molecule has 3 heteroatoms. The molecular formula is C25H34N2Pd. The summed E-state index contributed by atoms with van der Waals surface area (Å²) in [6, 6.07) is 16.9. The number of benzene rings is 2. The van der Waals surface area contributed by atoms with E-state index in [0.29, 0.717) is 0 Å². The van der Waals surface area contributed by atoms with E-state index in [0.717, 1.165) is 42.1 Å². The summed E-state index contributed by atoms with van der Waals surface area (Å²) in [5.41, 5.74) is 6.91. The largest absolute Gasteiger partial charge is 0.252 e. The minimum absolute atomic E-state index is 0. The molecule has 0 amide bonds. The average Bonchev–Trinajstić information content (AvgIpc) is 2.70. The normalized spacial score (nSPS) is 12.0. The standard InChI is InChI=1S/C25H34N2.Pd/c1-5-8-9-13-16-25(27-23-14-11-10-12-15-23)20(4)26-24-18-21(6-2)17-22(7-3)19-24;/h10-12,14-15,17-19H,5-9,13,16H2,1-4H3;. The zero-order chi connectivity index (χ0) is 19.5. The molecule has 0 fully saturated rings. The number of hydrogen-bond acceptors (Lipinski definition) is 2. The Hall–Kier alpha value is -1.56. The maximum absolute atomic E-state index is 4.96. The van der Waals surface area contributed by atoms with E-state index in [1.54, 1.807) is 0 Å². The van der Waals surface area contributed by atoms with Crippen molar-refractivity contribution in [3.8, 4) is 0 Å². The molecule has 2 rings (SSSR count). The molecule has 0 saturated carbocycles. The maximum Gasteiger partial charge on any atom is 0.0639 e. The van der Waals surface area contributed by atoms with Crippen molar-refractivity contribution in [3.05, 3.63) is 59.7 Å². The van der Waals surface area contributed by atoms with Gasteiger partial charge in [-0.1, -0.05) is 64.3 Å². The summed E-state index contributed by atoms with van der Waals surface area (Å²) in [5, 5.41) is 0. The topological polar surface area (TPSA) is 24.7 Å². The van der Waals surface area contributed by atoms with Crippen molar-refractivity contribution in [2.24, 2.45) is 9.98 Å². The van der Waals surface area contributed by atoms with Crippen molar-refractivity contribution in [3.63, 3.8) is 0 Å². The van der Waals surface area contributed by atoms with Crippen molar-refractivity contribution in [1.82, 2.24) is 0 Å². The van der Waals surface area contributed by atoms with Crippen LogP contribution in [0, 0.1) is 0 Å². The van der Waals surface area contributed by atoms with Gasteiger partial charge in [0.2, 0.25) is 0 Å². The first-order valence-electron chi connectivity index (χ1n) is 10.5. The molecule has 0 aliphatic heterocycles. The Morgan fingerprint density at radius 1 is 0.750 bits per heavy atom. The second kappa shape index (κ2) is 13.6. The van der Waals surface area contributed by atoms with Crippen molar-refractivity contribution >= 4 is 22.8 Å². The van der Waals surface area contributed by atoms with E-state index in [-0.39, 0.29) is 20.4 Å². The minimum Gasteiger partial charge on any atom is -0.252 e. The number of aryl methyl sites for hydroxylation is 2. The summed E-state index contributed by atoms with van der Waals surface area (Å²) >= 11 is 0. The first-order chi connectivity index (χ1) is 13.2. The van der Waals surface area contributed by atoms with Crippen LogP contribution >= 0.6 is 0 Å². The predicted molar refractivity (Wildman–Crippen MR) is 120 cm³/mol. The number of unbranched alkanes of at least 4 members (excludes halogenated alkanes) is 3. The molecular weight excluding hydrogens is 435 g/mol. The Balaban J connectivity index is 0.00000392. The summed E-state index contributed by atoms with van der Waals surface area (Å²) in [5.74, 6) is 0. The quantitative estimate of drug-likeness (QED) is 0.194. The third kappa shape index (κ3) is 8.21. The van der Waals surface area contributed by atoms with Gasteiger partial charge in [-0.15, -0.1) is 0 Å². The van der Waals surface area contributed by atoms with E-state index in [1.165, 1.54) is 36.8 Å². The number of nitrogens with zero attached hydrogens (tertiary/aromatic N) is 2. The summed E-state index contributed by atoms with van der Waals surface area (Å²) in [6.07, 6.45) is 8.02. The molecule has 154 valence electrons. The van der Waals surface area contributed by atoms with Crippen molar-refractivity contribution in [1.29, 1.82) is 0 Å². The molecule has 28 heavy (non-hydrogen) atoms. The molecule has 2 nitrogen and oxygen atoms in total. The van der Waals surface area contributed by atoms with Crippen LogP contribution in [0.5, 0.6) is 0 Å². The molecule has 0 radical (unpaired) electrons. The molecule has 0 aliphatic rings. The zero-order valence-electron chi connectivity index (χ0n) is 17.8. The summed E-state index contributed by atoms with van der Waals surface area (Å²) in [7, 11) is 0. The van der Waals surface area contributed by atoms with Crippen LogP contribution < -0.4 is 0 Å². The Bertz CT molecular complexity index is 741. The third-order valence-electron chi connectivity index (χ3n) is 4.86. The first kappa shape index (κ1) is 24.5. The van der Waals surface area contributed by atoms with Crippen LogP contribution in [0.25, 0.3) is 0 Å². The second-order valence-corrected chi connectivity index (χ2v) is 7.12. The van der Waals surface area contributed by atoms with E-state index in [1.807, 2.05) is 18.2 Å². The minimum atomic E-state index is 0. The SMILES string of the molecule is CCCCCCC(=Nc1ccccc1)C(C)=Nc1cc(CC)cc(CC)c1.[Pd]. The van der Waals surface area contributed by atoms with Gasteiger partial charge in [0.25, 0.3) is 0 Å². The summed E-state index contributed by atoms with van der Waals surface area (Å²) in [4.78, 5) is 9.88. The number of rotatable bonds is 10. The van der Waals surface area contributed by atoms with Gasteiger partial charge in [0.1, 0.15) is 0 Å². The van der Waals surface area contributed by atoms with Crippen LogP contribution in [-0.4, -0.2) is 11.4 Å². The molecule has 0 heterocycles. The van der Waals surface area contributed by atoms with Gasteiger partial charge in [-0.2, -0.15) is 0 Å². The maximum atomic E-state index is 4.96. The van der Waals surface area contributed by atoms with Gasteiger partial charge >= 0.3 is 0 Å². The van der Waals surface area contributed by atoms with E-state index >= 15 is 0 Å². The van der Waals surface area contributed by atoms with Crippen molar-refractivity contribution in [2.75, 3.05) is 0 Å².